The summed E-state index contributed by atoms with van der Waals surface area (Å²) in [4.78, 5) is 26.5. The highest BCUT2D eigenvalue weighted by Crippen LogP contribution is 2.26. The number of hydrogen-bond donors (Lipinski definition) is 2. The number of hydrogen-bond acceptors (Lipinski definition) is 3. The van der Waals surface area contributed by atoms with Gasteiger partial charge in [0.2, 0.25) is 5.91 Å². The Morgan fingerprint density at radius 1 is 1.12 bits per heavy atom. The minimum Gasteiger partial charge on any atom is -0.352 e. The van der Waals surface area contributed by atoms with Crippen LogP contribution in [0.15, 0.2) is 24.3 Å². The van der Waals surface area contributed by atoms with E-state index in [0.29, 0.717) is 30.4 Å². The molecule has 3 rings (SSSR count). The molecule has 6 heteroatoms. The van der Waals surface area contributed by atoms with Crippen molar-refractivity contribution in [2.45, 2.75) is 32.6 Å². The summed E-state index contributed by atoms with van der Waals surface area (Å²) in [7, 11) is 0. The minimum absolute atomic E-state index is 0. The summed E-state index contributed by atoms with van der Waals surface area (Å²) in [6.07, 6.45) is 0.374. The van der Waals surface area contributed by atoms with E-state index in [9.17, 15) is 9.59 Å². The molecule has 2 heterocycles. The molecule has 0 bridgehead atoms. The lowest BCUT2D eigenvalue weighted by molar-refractivity contribution is -0.130. The molecule has 0 radical (unpaired) electrons. The molecule has 0 unspecified atom stereocenters. The number of halogens is 1. The number of rotatable bonds is 4. The van der Waals surface area contributed by atoms with Gasteiger partial charge in [0.15, 0.2) is 0 Å². The number of nitrogens with one attached hydrogen (secondary N) is 2. The lowest BCUT2D eigenvalue weighted by atomic mass is 9.87. The first-order valence-corrected chi connectivity index (χ1v) is 9.22. The van der Waals surface area contributed by atoms with E-state index in [1.807, 2.05) is 29.2 Å². The molecule has 2 amide bonds. The first-order chi connectivity index (χ1) is 11.8. The Balaban J connectivity index is 0.00000243. The van der Waals surface area contributed by atoms with Crippen LogP contribution in [0.1, 0.15) is 43.1 Å². The maximum absolute atomic E-state index is 12.3. The van der Waals surface area contributed by atoms with Crippen LogP contribution in [-0.2, 0) is 10.2 Å². The van der Waals surface area contributed by atoms with Gasteiger partial charge in [0, 0.05) is 44.7 Å². The largest absolute Gasteiger partial charge is 0.352 e. The number of fused-ring (bicyclic) bond motifs is 1. The van der Waals surface area contributed by atoms with E-state index in [-0.39, 0.29) is 29.6 Å². The predicted octanol–water partition coefficient (Wildman–Crippen LogP) is 2.20. The lowest BCUT2D eigenvalue weighted by Crippen LogP contribution is -2.35. The fourth-order valence-corrected chi connectivity index (χ4v) is 3.72. The van der Waals surface area contributed by atoms with E-state index in [0.717, 1.165) is 26.2 Å². The van der Waals surface area contributed by atoms with Gasteiger partial charge in [-0.1, -0.05) is 32.9 Å². The number of benzene rings is 1. The smallest absolute Gasteiger partial charge is 0.251 e. The molecule has 2 saturated heterocycles. The molecule has 2 aliphatic rings. The van der Waals surface area contributed by atoms with Crippen molar-refractivity contribution in [3.63, 3.8) is 0 Å². The van der Waals surface area contributed by atoms with Crippen molar-refractivity contribution in [1.29, 1.82) is 0 Å². The fourth-order valence-electron chi connectivity index (χ4n) is 3.72. The SMILES string of the molecule is CC(C)(C)c1ccc(C(=O)NCCC(=O)N2C[C@H]3CNC[C@H]3C2)cc1.Cl. The summed E-state index contributed by atoms with van der Waals surface area (Å²) < 4.78 is 0. The Morgan fingerprint density at radius 3 is 2.23 bits per heavy atom. The molecule has 0 aliphatic carbocycles. The summed E-state index contributed by atoms with van der Waals surface area (Å²) >= 11 is 0. The zero-order chi connectivity index (χ0) is 18.0. The molecule has 2 N–H and O–H groups in total. The van der Waals surface area contributed by atoms with Crippen LogP contribution in [0.3, 0.4) is 0 Å². The van der Waals surface area contributed by atoms with Crippen LogP contribution in [-0.4, -0.2) is 49.4 Å². The Kier molecular flexibility index (Phi) is 6.69. The van der Waals surface area contributed by atoms with E-state index in [1.165, 1.54) is 5.56 Å². The van der Waals surface area contributed by atoms with Crippen molar-refractivity contribution < 1.29 is 9.59 Å². The van der Waals surface area contributed by atoms with Crippen molar-refractivity contribution in [1.82, 2.24) is 15.5 Å². The van der Waals surface area contributed by atoms with E-state index in [4.69, 9.17) is 0 Å². The minimum atomic E-state index is -0.115. The number of likely N-dealkylation sites (tertiary alicyclic amines) is 1. The van der Waals surface area contributed by atoms with E-state index in [1.54, 1.807) is 0 Å². The van der Waals surface area contributed by atoms with Crippen LogP contribution >= 0.6 is 12.4 Å². The highest BCUT2D eigenvalue weighted by Gasteiger charge is 2.37. The quantitative estimate of drug-likeness (QED) is 0.843. The number of amides is 2. The van der Waals surface area contributed by atoms with Crippen molar-refractivity contribution in [2.75, 3.05) is 32.7 Å². The zero-order valence-electron chi connectivity index (χ0n) is 15.9. The van der Waals surface area contributed by atoms with Crippen molar-refractivity contribution >= 4 is 24.2 Å². The summed E-state index contributed by atoms with van der Waals surface area (Å²) in [6, 6.07) is 7.70. The first-order valence-electron chi connectivity index (χ1n) is 9.22. The Hall–Kier alpha value is -1.59. The molecule has 0 saturated carbocycles. The highest BCUT2D eigenvalue weighted by atomic mass is 35.5. The number of carbonyl (C=O) groups is 2. The zero-order valence-corrected chi connectivity index (χ0v) is 16.7. The highest BCUT2D eigenvalue weighted by molar-refractivity contribution is 5.94. The Labute approximate surface area is 162 Å². The lowest BCUT2D eigenvalue weighted by Gasteiger charge is -2.19. The van der Waals surface area contributed by atoms with Gasteiger partial charge in [0.25, 0.3) is 5.91 Å². The molecule has 2 fully saturated rings. The monoisotopic (exact) mass is 379 g/mol. The first kappa shape index (κ1) is 20.7. The maximum atomic E-state index is 12.3. The average molecular weight is 380 g/mol. The van der Waals surface area contributed by atoms with Crippen molar-refractivity contribution in [3.8, 4) is 0 Å². The van der Waals surface area contributed by atoms with Gasteiger partial charge in [-0.3, -0.25) is 9.59 Å². The van der Waals surface area contributed by atoms with E-state index in [2.05, 4.69) is 31.4 Å². The fraction of sp³-hybridized carbons (Fsp3) is 0.600. The van der Waals surface area contributed by atoms with E-state index >= 15 is 0 Å². The molecule has 5 nitrogen and oxygen atoms in total. The summed E-state index contributed by atoms with van der Waals surface area (Å²) in [5.74, 6) is 1.26. The molecule has 1 aromatic rings. The van der Waals surface area contributed by atoms with Gasteiger partial charge in [-0.15, -0.1) is 12.4 Å². The maximum Gasteiger partial charge on any atom is 0.251 e. The Bertz CT molecular complexity index is 627. The molecule has 1 aromatic carbocycles. The molecular formula is C20H30ClN3O2. The van der Waals surface area contributed by atoms with Gasteiger partial charge in [-0.2, -0.15) is 0 Å². The van der Waals surface area contributed by atoms with Crippen molar-refractivity contribution in [2.24, 2.45) is 11.8 Å². The summed E-state index contributed by atoms with van der Waals surface area (Å²) in [5.41, 5.74) is 1.92. The molecular weight excluding hydrogens is 350 g/mol. The second-order valence-electron chi connectivity index (χ2n) is 8.31. The van der Waals surface area contributed by atoms with Crippen LogP contribution in [0.2, 0.25) is 0 Å². The van der Waals surface area contributed by atoms with Crippen LogP contribution < -0.4 is 10.6 Å². The van der Waals surface area contributed by atoms with Crippen LogP contribution in [0, 0.1) is 11.8 Å². The third kappa shape index (κ3) is 4.77. The third-order valence-electron chi connectivity index (χ3n) is 5.38. The molecule has 2 atom stereocenters. The van der Waals surface area contributed by atoms with Crippen LogP contribution in [0.25, 0.3) is 0 Å². The summed E-state index contributed by atoms with van der Waals surface area (Å²) in [6.45, 7) is 10.6. The summed E-state index contributed by atoms with van der Waals surface area (Å²) in [5, 5.41) is 6.24. The van der Waals surface area contributed by atoms with Gasteiger partial charge in [-0.25, -0.2) is 0 Å². The van der Waals surface area contributed by atoms with Gasteiger partial charge in [0.1, 0.15) is 0 Å². The van der Waals surface area contributed by atoms with Gasteiger partial charge in [0.05, 0.1) is 0 Å². The normalized spacial score (nSPS) is 21.9. The molecule has 26 heavy (non-hydrogen) atoms. The predicted molar refractivity (Wildman–Crippen MR) is 106 cm³/mol. The molecule has 0 aromatic heterocycles. The average Bonchev–Trinajstić information content (AvgIpc) is 3.15. The molecule has 2 aliphatic heterocycles. The van der Waals surface area contributed by atoms with E-state index < -0.39 is 0 Å². The molecule has 0 spiro atoms. The standard InChI is InChI=1S/C20H29N3O2.ClH/c1-20(2,3)17-6-4-14(5-7-17)19(25)22-9-8-18(24)23-12-15-10-21-11-16(15)13-23;/h4-7,15-16,21H,8-13H2,1-3H3,(H,22,25);1H/t15-,16+;. The topological polar surface area (TPSA) is 61.4 Å². The van der Waals surface area contributed by atoms with Gasteiger partial charge >= 0.3 is 0 Å². The van der Waals surface area contributed by atoms with Crippen molar-refractivity contribution in [3.05, 3.63) is 35.4 Å². The number of carbonyl (C=O) groups excluding carboxylic acids is 2. The van der Waals surface area contributed by atoms with Gasteiger partial charge < -0.3 is 15.5 Å². The van der Waals surface area contributed by atoms with Crippen LogP contribution in [0.5, 0.6) is 0 Å². The third-order valence-corrected chi connectivity index (χ3v) is 5.38. The second-order valence-corrected chi connectivity index (χ2v) is 8.31. The molecule has 144 valence electrons. The number of nitrogens with zero attached hydrogens (tertiary/aromatic N) is 1. The van der Waals surface area contributed by atoms with Gasteiger partial charge in [-0.05, 0) is 34.9 Å². The van der Waals surface area contributed by atoms with Crippen LogP contribution in [0.4, 0.5) is 0 Å². The second kappa shape index (κ2) is 8.40. The Morgan fingerprint density at radius 2 is 1.69 bits per heavy atom.